The summed E-state index contributed by atoms with van der Waals surface area (Å²) in [5.41, 5.74) is 1.07. The lowest BCUT2D eigenvalue weighted by molar-refractivity contribution is -0.122. The number of nitrogens with one attached hydrogen (secondary N) is 1. The van der Waals surface area contributed by atoms with Crippen molar-refractivity contribution < 1.29 is 14.3 Å². The monoisotopic (exact) mass is 328 g/mol. The van der Waals surface area contributed by atoms with Gasteiger partial charge in [0.15, 0.2) is 11.5 Å². The fraction of sp³-hybridized carbons (Fsp3) is 0.471. The molecule has 24 heavy (non-hydrogen) atoms. The van der Waals surface area contributed by atoms with E-state index in [0.29, 0.717) is 18.8 Å². The van der Waals surface area contributed by atoms with E-state index in [4.69, 9.17) is 9.47 Å². The maximum atomic E-state index is 12.4. The second kappa shape index (κ2) is 6.14. The third-order valence-electron chi connectivity index (χ3n) is 4.51. The van der Waals surface area contributed by atoms with Crippen molar-refractivity contribution in [2.24, 2.45) is 13.0 Å². The van der Waals surface area contributed by atoms with Crippen LogP contribution in [-0.4, -0.2) is 27.5 Å². The molecule has 7 nitrogen and oxygen atoms in total. The quantitative estimate of drug-likeness (QED) is 0.874. The molecule has 0 radical (unpaired) electrons. The first kappa shape index (κ1) is 15.0. The fourth-order valence-corrected chi connectivity index (χ4v) is 3.01. The van der Waals surface area contributed by atoms with E-state index in [2.05, 4.69) is 15.4 Å². The molecule has 0 unspecified atom stereocenters. The van der Waals surface area contributed by atoms with E-state index < -0.39 is 0 Å². The topological polar surface area (TPSA) is 78.3 Å². The van der Waals surface area contributed by atoms with Gasteiger partial charge in [-0.05, 0) is 42.9 Å². The third-order valence-corrected chi connectivity index (χ3v) is 4.51. The van der Waals surface area contributed by atoms with Gasteiger partial charge in [-0.25, -0.2) is 4.98 Å². The van der Waals surface area contributed by atoms with Crippen LogP contribution in [0.2, 0.25) is 0 Å². The number of aromatic nitrogens is 3. The van der Waals surface area contributed by atoms with Crippen molar-refractivity contribution >= 4 is 5.91 Å². The minimum Gasteiger partial charge on any atom is -0.454 e. The van der Waals surface area contributed by atoms with Crippen LogP contribution in [0, 0.1) is 5.92 Å². The Balaban J connectivity index is 1.36. The van der Waals surface area contributed by atoms with Gasteiger partial charge in [-0.15, -0.1) is 0 Å². The van der Waals surface area contributed by atoms with Crippen LogP contribution in [0.4, 0.5) is 0 Å². The summed E-state index contributed by atoms with van der Waals surface area (Å²) < 4.78 is 12.4. The molecule has 1 atom stereocenters. The van der Waals surface area contributed by atoms with Gasteiger partial charge in [0, 0.05) is 13.5 Å². The molecule has 0 spiro atoms. The first-order chi connectivity index (χ1) is 11.7. The Hall–Kier alpha value is -2.57. The van der Waals surface area contributed by atoms with Crippen LogP contribution >= 0.6 is 0 Å². The number of carbonyl (C=O) groups is 1. The molecular formula is C17H20N4O3. The van der Waals surface area contributed by atoms with Gasteiger partial charge in [0.25, 0.3) is 0 Å². The van der Waals surface area contributed by atoms with Crippen LogP contribution in [0.3, 0.4) is 0 Å². The van der Waals surface area contributed by atoms with E-state index >= 15 is 0 Å². The average molecular weight is 328 g/mol. The molecule has 1 aliphatic heterocycles. The number of benzene rings is 1. The molecule has 1 aliphatic carbocycles. The summed E-state index contributed by atoms with van der Waals surface area (Å²) in [5.74, 6) is 2.85. The number of ether oxygens (including phenoxy) is 2. The Morgan fingerprint density at radius 3 is 2.96 bits per heavy atom. The van der Waals surface area contributed by atoms with Gasteiger partial charge in [0.1, 0.15) is 12.2 Å². The second-order valence-electron chi connectivity index (χ2n) is 6.31. The van der Waals surface area contributed by atoms with Gasteiger partial charge in [-0.3, -0.25) is 9.48 Å². The minimum atomic E-state index is -0.0400. The molecule has 1 N–H and O–H groups in total. The molecule has 1 fully saturated rings. The number of aryl methyl sites for hydroxylation is 2. The maximum absolute atomic E-state index is 12.4. The molecule has 0 bridgehead atoms. The molecule has 2 heterocycles. The lowest BCUT2D eigenvalue weighted by Gasteiger charge is -2.17. The average Bonchev–Trinajstić information content (AvgIpc) is 3.16. The van der Waals surface area contributed by atoms with Gasteiger partial charge in [0.2, 0.25) is 12.7 Å². The molecular weight excluding hydrogens is 308 g/mol. The Morgan fingerprint density at radius 1 is 1.38 bits per heavy atom. The highest BCUT2D eigenvalue weighted by Gasteiger charge is 2.35. The number of hydrogen-bond acceptors (Lipinski definition) is 5. The van der Waals surface area contributed by atoms with E-state index in [-0.39, 0.29) is 18.7 Å². The zero-order valence-electron chi connectivity index (χ0n) is 13.6. The standard InChI is InChI=1S/C17H20N4O3/c1-21-17(18-9-19-21)16(12-4-5-12)20-15(22)7-3-11-2-6-13-14(8-11)24-10-23-13/h2,6,8-9,12,16H,3-5,7,10H2,1H3,(H,20,22)/t16-/m0/s1. The van der Waals surface area contributed by atoms with Crippen molar-refractivity contribution in [3.63, 3.8) is 0 Å². The zero-order valence-corrected chi connectivity index (χ0v) is 13.6. The van der Waals surface area contributed by atoms with Gasteiger partial charge in [0.05, 0.1) is 6.04 Å². The predicted octanol–water partition coefficient (Wildman–Crippen LogP) is 1.74. The van der Waals surface area contributed by atoms with Crippen LogP contribution in [0.1, 0.15) is 36.7 Å². The normalized spacial score (nSPS) is 16.9. The number of hydrogen-bond donors (Lipinski definition) is 1. The van der Waals surface area contributed by atoms with Crippen molar-refractivity contribution in [2.75, 3.05) is 6.79 Å². The SMILES string of the molecule is Cn1ncnc1[C@@H](NC(=O)CCc1ccc2c(c1)OCO2)C1CC1. The number of carbonyl (C=O) groups excluding carboxylic acids is 1. The van der Waals surface area contributed by atoms with Crippen LogP contribution in [0.15, 0.2) is 24.5 Å². The molecule has 2 aliphatic rings. The first-order valence-electron chi connectivity index (χ1n) is 8.22. The van der Waals surface area contributed by atoms with E-state index in [9.17, 15) is 4.79 Å². The van der Waals surface area contributed by atoms with Crippen molar-refractivity contribution in [1.29, 1.82) is 0 Å². The van der Waals surface area contributed by atoms with Gasteiger partial charge >= 0.3 is 0 Å². The Kier molecular flexibility index (Phi) is 3.84. The van der Waals surface area contributed by atoms with Crippen LogP contribution in [0.25, 0.3) is 0 Å². The number of fused-ring (bicyclic) bond motifs is 1. The molecule has 4 rings (SSSR count). The number of amides is 1. The van der Waals surface area contributed by atoms with Crippen LogP contribution in [0.5, 0.6) is 11.5 Å². The molecule has 1 saturated carbocycles. The summed E-state index contributed by atoms with van der Waals surface area (Å²) in [6.07, 6.45) is 4.88. The van der Waals surface area contributed by atoms with E-state index in [1.807, 2.05) is 25.2 Å². The van der Waals surface area contributed by atoms with Crippen LogP contribution in [-0.2, 0) is 18.3 Å². The molecule has 2 aromatic rings. The minimum absolute atomic E-state index is 0.0348. The van der Waals surface area contributed by atoms with Gasteiger partial charge in [-0.1, -0.05) is 6.07 Å². The summed E-state index contributed by atoms with van der Waals surface area (Å²) in [5, 5.41) is 7.24. The summed E-state index contributed by atoms with van der Waals surface area (Å²) in [6.45, 7) is 0.264. The summed E-state index contributed by atoms with van der Waals surface area (Å²) in [6, 6.07) is 5.77. The Morgan fingerprint density at radius 2 is 2.21 bits per heavy atom. The highest BCUT2D eigenvalue weighted by Crippen LogP contribution is 2.40. The molecule has 7 heteroatoms. The Bertz CT molecular complexity index is 754. The second-order valence-corrected chi connectivity index (χ2v) is 6.31. The third kappa shape index (κ3) is 3.06. The zero-order chi connectivity index (χ0) is 16.5. The van der Waals surface area contributed by atoms with E-state index in [1.165, 1.54) is 6.33 Å². The molecule has 1 aromatic carbocycles. The molecule has 0 saturated heterocycles. The summed E-state index contributed by atoms with van der Waals surface area (Å²) in [7, 11) is 1.86. The highest BCUT2D eigenvalue weighted by molar-refractivity contribution is 5.76. The number of rotatable bonds is 6. The molecule has 126 valence electrons. The molecule has 1 aromatic heterocycles. The van der Waals surface area contributed by atoms with Crippen molar-refractivity contribution in [1.82, 2.24) is 20.1 Å². The Labute approximate surface area is 140 Å². The fourth-order valence-electron chi connectivity index (χ4n) is 3.01. The van der Waals surface area contributed by atoms with E-state index in [0.717, 1.165) is 35.7 Å². The maximum Gasteiger partial charge on any atom is 0.231 e. The summed E-state index contributed by atoms with van der Waals surface area (Å²) >= 11 is 0. The molecule has 1 amide bonds. The summed E-state index contributed by atoms with van der Waals surface area (Å²) in [4.78, 5) is 16.7. The van der Waals surface area contributed by atoms with Gasteiger partial charge in [-0.2, -0.15) is 5.10 Å². The van der Waals surface area contributed by atoms with Crippen molar-refractivity contribution in [3.8, 4) is 11.5 Å². The van der Waals surface area contributed by atoms with Crippen LogP contribution < -0.4 is 14.8 Å². The lowest BCUT2D eigenvalue weighted by Crippen LogP contribution is -2.32. The smallest absolute Gasteiger partial charge is 0.231 e. The first-order valence-corrected chi connectivity index (χ1v) is 8.22. The van der Waals surface area contributed by atoms with Crippen molar-refractivity contribution in [2.45, 2.75) is 31.7 Å². The predicted molar refractivity (Wildman–Crippen MR) is 85.5 cm³/mol. The largest absolute Gasteiger partial charge is 0.454 e. The lowest BCUT2D eigenvalue weighted by atomic mass is 10.1. The van der Waals surface area contributed by atoms with E-state index in [1.54, 1.807) is 4.68 Å². The number of nitrogens with zero attached hydrogens (tertiary/aromatic N) is 3. The van der Waals surface area contributed by atoms with Crippen molar-refractivity contribution in [3.05, 3.63) is 35.9 Å². The highest BCUT2D eigenvalue weighted by atomic mass is 16.7. The van der Waals surface area contributed by atoms with Gasteiger partial charge < -0.3 is 14.8 Å².